The molecule has 6 aliphatic heterocycles. The Morgan fingerprint density at radius 3 is 1.37 bits per heavy atom. The number of esters is 1. The van der Waals surface area contributed by atoms with Gasteiger partial charge in [0.2, 0.25) is 6.29 Å². The van der Waals surface area contributed by atoms with Crippen molar-refractivity contribution in [3.63, 3.8) is 0 Å². The van der Waals surface area contributed by atoms with Crippen LogP contribution in [0.1, 0.15) is 71.6 Å². The molecule has 33 nitrogen and oxygen atoms in total. The molecule has 0 amide bonds. The highest BCUT2D eigenvalue weighted by atomic mass is 16.8. The Labute approximate surface area is 510 Å². The van der Waals surface area contributed by atoms with E-state index in [1.54, 1.807) is 6.92 Å². The van der Waals surface area contributed by atoms with Crippen LogP contribution >= 0.6 is 0 Å². The Morgan fingerprint density at radius 1 is 0.438 bits per heavy atom. The second-order valence-corrected chi connectivity index (χ2v) is 25.7. The van der Waals surface area contributed by atoms with E-state index in [4.69, 9.17) is 56.8 Å². The number of hydrogen-bond acceptors (Lipinski definition) is 33. The van der Waals surface area contributed by atoms with E-state index in [0.29, 0.717) is 50.5 Å². The zero-order valence-corrected chi connectivity index (χ0v) is 49.2. The molecule has 0 aromatic rings. The van der Waals surface area contributed by atoms with Crippen LogP contribution in [0.4, 0.5) is 0 Å². The lowest BCUT2D eigenvalue weighted by molar-refractivity contribution is -0.388. The minimum Gasteiger partial charge on any atom is -0.432 e. The van der Waals surface area contributed by atoms with E-state index < -0.39 is 253 Å². The normalized spacial score (nSPS) is 52.6. The van der Waals surface area contributed by atoms with Gasteiger partial charge in [0.25, 0.3) is 0 Å². The van der Waals surface area contributed by atoms with Gasteiger partial charge in [0.1, 0.15) is 140 Å². The quantitative estimate of drug-likeness (QED) is 0.0448. The second kappa shape index (κ2) is 29.5. The van der Waals surface area contributed by atoms with Crippen molar-refractivity contribution in [2.75, 3.05) is 39.6 Å². The van der Waals surface area contributed by atoms with Crippen LogP contribution in [-0.2, 0) is 61.6 Å². The van der Waals surface area contributed by atoms with Gasteiger partial charge in [0.05, 0.1) is 51.2 Å². The van der Waals surface area contributed by atoms with E-state index in [9.17, 15) is 102 Å². The van der Waals surface area contributed by atoms with Crippen LogP contribution in [0, 0.1) is 28.6 Å². The molecular weight excluding hydrogens is 1200 g/mol. The number of aliphatic hydroxyl groups is 20. The van der Waals surface area contributed by atoms with Crippen molar-refractivity contribution in [3.05, 3.63) is 12.2 Å². The Kier molecular flexibility index (Phi) is 23.6. The van der Waals surface area contributed by atoms with Crippen molar-refractivity contribution < 1.29 is 164 Å². The minimum atomic E-state index is -2.08. The lowest BCUT2D eigenvalue weighted by atomic mass is 9.45. The van der Waals surface area contributed by atoms with Crippen molar-refractivity contribution in [2.45, 2.75) is 262 Å². The molecule has 9 rings (SSSR count). The van der Waals surface area contributed by atoms with Crippen molar-refractivity contribution in [3.8, 4) is 0 Å². The zero-order valence-electron chi connectivity index (χ0n) is 49.2. The molecular formula is C56H92O33. The van der Waals surface area contributed by atoms with Crippen LogP contribution < -0.4 is 0 Å². The molecule has 36 atom stereocenters. The third-order valence-corrected chi connectivity index (χ3v) is 20.4. The van der Waals surface area contributed by atoms with E-state index in [-0.39, 0.29) is 24.7 Å². The number of hydrogen-bond donors (Lipinski definition) is 20. The van der Waals surface area contributed by atoms with Gasteiger partial charge in [-0.1, -0.05) is 19.9 Å². The van der Waals surface area contributed by atoms with E-state index in [2.05, 4.69) is 13.5 Å². The van der Waals surface area contributed by atoms with Gasteiger partial charge in [-0.05, 0) is 87.0 Å². The number of aliphatic hydroxyl groups excluding tert-OH is 20. The predicted molar refractivity (Wildman–Crippen MR) is 286 cm³/mol. The maximum atomic E-state index is 15.3. The molecule has 9 fully saturated rings. The van der Waals surface area contributed by atoms with Crippen LogP contribution in [-0.4, -0.2) is 338 Å². The van der Waals surface area contributed by atoms with Crippen molar-refractivity contribution >= 4 is 5.97 Å². The molecule has 33 unspecified atom stereocenters. The van der Waals surface area contributed by atoms with E-state index >= 15 is 4.79 Å². The van der Waals surface area contributed by atoms with Gasteiger partial charge in [0, 0.05) is 0 Å². The summed E-state index contributed by atoms with van der Waals surface area (Å²) < 4.78 is 71.5. The predicted octanol–water partition coefficient (Wildman–Crippen LogP) is -9.22. The van der Waals surface area contributed by atoms with Crippen LogP contribution in [0.2, 0.25) is 0 Å². The second-order valence-electron chi connectivity index (χ2n) is 25.7. The fourth-order valence-corrected chi connectivity index (χ4v) is 15.0. The molecule has 20 N–H and O–H groups in total. The van der Waals surface area contributed by atoms with Crippen LogP contribution in [0.25, 0.3) is 0 Å². The van der Waals surface area contributed by atoms with Crippen LogP contribution in [0.5, 0.6) is 0 Å². The summed E-state index contributed by atoms with van der Waals surface area (Å²) >= 11 is 0. The molecule has 514 valence electrons. The molecule has 0 spiro atoms. The zero-order chi connectivity index (χ0) is 64.9. The number of ether oxygens (including phenoxy) is 12. The van der Waals surface area contributed by atoms with Gasteiger partial charge in [-0.25, -0.2) is 0 Å². The Morgan fingerprint density at radius 2 is 0.865 bits per heavy atom. The minimum absolute atomic E-state index is 0.0755. The number of rotatable bonds is 18. The molecule has 33 heteroatoms. The van der Waals surface area contributed by atoms with Crippen molar-refractivity contribution in [1.82, 2.24) is 0 Å². The monoisotopic (exact) mass is 1290 g/mol. The standard InChI is InChI=1S/C56H92O33/c1-19-5-6-20-7-10-29-55(2,21(20)8-9-22(19)79-52-46(87-50-43(75)38(70)32(64)25(15-59)82-50)40(72)34(66)28(85-52)18-78-48-41(73)36(68)30(62)23(13-57)80-48)11-4-12-56(29,3)54(77)89-53-47(88-51-44(76)39(71)33(65)26(16-60)83-51)45(35(67)27(17-61)84-53)86-49-42(74)37(69)31(63)24(14-58)81-49/h20-53,57-76H,1,4-18H2,2-3H3/t20?,21-,22?,23?,24?,25?,26?,27?,28?,29?,30?,31?,32?,33?,34?,35?,36?,37?,38?,39?,40?,41?,42?,43?,44?,45?,46?,47?,48?,49?,50?,51?,52?,53?,55+,56-/m1/s1. The highest BCUT2D eigenvalue weighted by Crippen LogP contribution is 2.64. The first-order valence-electron chi connectivity index (χ1n) is 30.5. The lowest BCUT2D eigenvalue weighted by Gasteiger charge is -2.60. The first-order valence-corrected chi connectivity index (χ1v) is 30.5. The molecule has 3 saturated carbocycles. The average molecular weight is 1290 g/mol. The molecule has 89 heavy (non-hydrogen) atoms. The molecule has 6 heterocycles. The summed E-state index contributed by atoms with van der Waals surface area (Å²) in [6.45, 7) is 3.17. The smallest absolute Gasteiger partial charge is 0.314 e. The highest BCUT2D eigenvalue weighted by Gasteiger charge is 2.62. The molecule has 9 aliphatic rings. The number of fused-ring (bicyclic) bond motifs is 3. The third kappa shape index (κ3) is 14.0. The first-order chi connectivity index (χ1) is 42.2. The fraction of sp³-hybridized carbons (Fsp3) is 0.946. The molecule has 0 aromatic carbocycles. The average Bonchev–Trinajstić information content (AvgIpc) is 0.775. The Hall–Kier alpha value is -2.03. The van der Waals surface area contributed by atoms with Gasteiger partial charge < -0.3 is 159 Å². The molecule has 0 bridgehead atoms. The van der Waals surface area contributed by atoms with Gasteiger partial charge >= 0.3 is 5.97 Å². The van der Waals surface area contributed by atoms with E-state index in [1.165, 1.54) is 0 Å². The van der Waals surface area contributed by atoms with Crippen molar-refractivity contribution in [1.29, 1.82) is 0 Å². The van der Waals surface area contributed by atoms with E-state index in [0.717, 1.165) is 0 Å². The van der Waals surface area contributed by atoms with Gasteiger partial charge in [-0.3, -0.25) is 4.79 Å². The summed E-state index contributed by atoms with van der Waals surface area (Å²) in [7, 11) is 0. The lowest BCUT2D eigenvalue weighted by Crippen LogP contribution is -2.67. The first kappa shape index (κ1) is 71.3. The van der Waals surface area contributed by atoms with Gasteiger partial charge in [0.15, 0.2) is 37.6 Å². The molecule has 3 aliphatic carbocycles. The van der Waals surface area contributed by atoms with Crippen LogP contribution in [0.3, 0.4) is 0 Å². The summed E-state index contributed by atoms with van der Waals surface area (Å²) in [5, 5.41) is 214. The van der Waals surface area contributed by atoms with Crippen LogP contribution in [0.15, 0.2) is 12.2 Å². The number of carbonyl (C=O) groups excluding carboxylic acids is 1. The summed E-state index contributed by atoms with van der Waals surface area (Å²) in [6.07, 6.45) is -51.3. The third-order valence-electron chi connectivity index (χ3n) is 20.4. The topological polar surface area (TPSA) is 532 Å². The summed E-state index contributed by atoms with van der Waals surface area (Å²) in [4.78, 5) is 15.3. The Balaban J connectivity index is 0.958. The maximum absolute atomic E-state index is 15.3. The SMILES string of the molecule is C=C1CCC2CCC3[C@](C)(C(=O)OC4OC(CO)C(O)C(OC5OC(CO)C(O)C(O)C5O)C4OC4OC(CO)C(O)C(O)C4O)CCC[C@@]3(C)[C@@H]2CCC1OC1OC(COC2OC(CO)C(O)C(O)C2O)C(O)C(O)C1OC1OC(CO)C(O)C(O)C1O. The van der Waals surface area contributed by atoms with Gasteiger partial charge in [-0.2, -0.15) is 0 Å². The summed E-state index contributed by atoms with van der Waals surface area (Å²) in [5.41, 5.74) is -1.37. The fourth-order valence-electron chi connectivity index (χ4n) is 15.0. The molecule has 0 radical (unpaired) electrons. The summed E-state index contributed by atoms with van der Waals surface area (Å²) in [5.74, 6) is -1.32. The Bertz CT molecular complexity index is 2290. The summed E-state index contributed by atoms with van der Waals surface area (Å²) in [6, 6.07) is 0. The number of carbonyl (C=O) groups is 1. The highest BCUT2D eigenvalue weighted by molar-refractivity contribution is 5.77. The largest absolute Gasteiger partial charge is 0.432 e. The van der Waals surface area contributed by atoms with Crippen molar-refractivity contribution in [2.24, 2.45) is 28.6 Å². The molecule has 0 aromatic heterocycles. The van der Waals surface area contributed by atoms with E-state index in [1.807, 2.05) is 0 Å². The molecule has 6 saturated heterocycles. The van der Waals surface area contributed by atoms with Gasteiger partial charge in [-0.15, -0.1) is 0 Å². The maximum Gasteiger partial charge on any atom is 0.314 e.